The van der Waals surface area contributed by atoms with E-state index in [9.17, 15) is 9.18 Å². The zero-order valence-electron chi connectivity index (χ0n) is 17.8. The third kappa shape index (κ3) is 7.17. The number of hydrogen-bond acceptors (Lipinski definition) is 4. The lowest BCUT2D eigenvalue weighted by atomic mass is 9.99. The van der Waals surface area contributed by atoms with Gasteiger partial charge in [0, 0.05) is 31.9 Å². The van der Waals surface area contributed by atoms with Crippen LogP contribution < -0.4 is 11.1 Å². The number of aliphatic imine (C=N–C) groups is 1. The predicted molar refractivity (Wildman–Crippen MR) is 128 cm³/mol. The highest BCUT2D eigenvalue weighted by Gasteiger charge is 2.25. The van der Waals surface area contributed by atoms with E-state index < -0.39 is 11.8 Å². The van der Waals surface area contributed by atoms with Crippen LogP contribution in [-0.2, 0) is 23.0 Å². The summed E-state index contributed by atoms with van der Waals surface area (Å²) in [6.45, 7) is 4.85. The minimum Gasteiger partial charge on any atom is -0.370 e. The third-order valence-electron chi connectivity index (χ3n) is 5.06. The molecule has 1 aliphatic rings. The van der Waals surface area contributed by atoms with Gasteiger partial charge >= 0.3 is 0 Å². The number of carbonyl (C=O) groups is 1. The van der Waals surface area contributed by atoms with Crippen molar-refractivity contribution >= 4 is 35.8 Å². The zero-order valence-corrected chi connectivity index (χ0v) is 20.2. The van der Waals surface area contributed by atoms with Crippen molar-refractivity contribution in [3.05, 3.63) is 53.6 Å². The number of benzene rings is 1. The van der Waals surface area contributed by atoms with Gasteiger partial charge in [0.15, 0.2) is 5.96 Å². The van der Waals surface area contributed by atoms with E-state index in [1.54, 1.807) is 16.8 Å². The summed E-state index contributed by atoms with van der Waals surface area (Å²) < 4.78 is 20.8. The standard InChI is InChI=1S/C21H29FN6O2.HI/c1-3-24-21(28-8-9-30-19(14-28)17-12-26-27(2)13-17)25-11-16(20(23)29)10-15-4-6-18(22)7-5-15;/h4-7,12-13,16,19H,3,8-11,14H2,1-2H3,(H2,23,29)(H,24,25);1H. The number of nitrogens with one attached hydrogen (secondary N) is 1. The van der Waals surface area contributed by atoms with Crippen molar-refractivity contribution in [1.29, 1.82) is 0 Å². The number of rotatable bonds is 7. The first-order valence-corrected chi connectivity index (χ1v) is 10.1. The monoisotopic (exact) mass is 544 g/mol. The van der Waals surface area contributed by atoms with Gasteiger partial charge in [-0.15, -0.1) is 24.0 Å². The van der Waals surface area contributed by atoms with Crippen LogP contribution in [0.1, 0.15) is 24.2 Å². The molecule has 3 N–H and O–H groups in total. The van der Waals surface area contributed by atoms with Crippen molar-refractivity contribution in [2.24, 2.45) is 23.7 Å². The van der Waals surface area contributed by atoms with Gasteiger partial charge in [-0.25, -0.2) is 4.39 Å². The maximum atomic E-state index is 13.1. The summed E-state index contributed by atoms with van der Waals surface area (Å²) >= 11 is 0. The van der Waals surface area contributed by atoms with Gasteiger partial charge in [0.05, 0.1) is 31.8 Å². The number of amides is 1. The Balaban J connectivity index is 0.00000341. The topological polar surface area (TPSA) is 97.8 Å². The molecule has 1 amide bonds. The first kappa shape index (κ1) is 25.1. The summed E-state index contributed by atoms with van der Waals surface area (Å²) in [6.07, 6.45) is 4.08. The van der Waals surface area contributed by atoms with Crippen molar-refractivity contribution in [1.82, 2.24) is 20.0 Å². The highest BCUT2D eigenvalue weighted by atomic mass is 127. The fourth-order valence-corrected chi connectivity index (χ4v) is 3.43. The summed E-state index contributed by atoms with van der Waals surface area (Å²) in [6, 6.07) is 6.10. The van der Waals surface area contributed by atoms with Gasteiger partial charge < -0.3 is 20.7 Å². The van der Waals surface area contributed by atoms with Crippen LogP contribution in [0.2, 0.25) is 0 Å². The van der Waals surface area contributed by atoms with Crippen molar-refractivity contribution in [3.63, 3.8) is 0 Å². The smallest absolute Gasteiger partial charge is 0.222 e. The fraction of sp³-hybridized carbons (Fsp3) is 0.476. The number of nitrogens with two attached hydrogens (primary N) is 1. The van der Waals surface area contributed by atoms with Gasteiger partial charge in [-0.1, -0.05) is 12.1 Å². The van der Waals surface area contributed by atoms with Crippen LogP contribution in [0.3, 0.4) is 0 Å². The molecular weight excluding hydrogens is 514 g/mol. The number of nitrogens with zero attached hydrogens (tertiary/aromatic N) is 4. The number of ether oxygens (including phenoxy) is 1. The van der Waals surface area contributed by atoms with Crippen molar-refractivity contribution < 1.29 is 13.9 Å². The largest absolute Gasteiger partial charge is 0.370 e. The van der Waals surface area contributed by atoms with E-state index in [2.05, 4.69) is 20.3 Å². The summed E-state index contributed by atoms with van der Waals surface area (Å²) in [5, 5.41) is 7.51. The molecule has 0 bridgehead atoms. The molecule has 8 nitrogen and oxygen atoms in total. The molecule has 1 aromatic heterocycles. The van der Waals surface area contributed by atoms with E-state index in [0.29, 0.717) is 32.7 Å². The Morgan fingerprint density at radius 3 is 2.77 bits per heavy atom. The fourth-order valence-electron chi connectivity index (χ4n) is 3.43. The lowest BCUT2D eigenvalue weighted by molar-refractivity contribution is -0.121. The van der Waals surface area contributed by atoms with E-state index in [4.69, 9.17) is 10.5 Å². The molecule has 2 heterocycles. The van der Waals surface area contributed by atoms with E-state index in [1.807, 2.05) is 26.4 Å². The quantitative estimate of drug-likeness (QED) is 0.315. The van der Waals surface area contributed by atoms with Crippen LogP contribution in [0.4, 0.5) is 4.39 Å². The van der Waals surface area contributed by atoms with Gasteiger partial charge in [-0.3, -0.25) is 14.5 Å². The number of hydrogen-bond donors (Lipinski definition) is 2. The van der Waals surface area contributed by atoms with Crippen LogP contribution >= 0.6 is 24.0 Å². The second-order valence-electron chi connectivity index (χ2n) is 7.38. The van der Waals surface area contributed by atoms with Crippen LogP contribution in [0, 0.1) is 11.7 Å². The van der Waals surface area contributed by atoms with Crippen LogP contribution in [0.25, 0.3) is 0 Å². The van der Waals surface area contributed by atoms with Gasteiger partial charge in [0.2, 0.25) is 5.91 Å². The average Bonchev–Trinajstić information content (AvgIpc) is 3.18. The molecule has 1 saturated heterocycles. The molecule has 31 heavy (non-hydrogen) atoms. The average molecular weight is 544 g/mol. The molecule has 2 unspecified atom stereocenters. The zero-order chi connectivity index (χ0) is 21.5. The normalized spacial score (nSPS) is 17.7. The van der Waals surface area contributed by atoms with Gasteiger partial charge in [-0.2, -0.15) is 5.10 Å². The maximum Gasteiger partial charge on any atom is 0.222 e. The van der Waals surface area contributed by atoms with Crippen LogP contribution in [0.5, 0.6) is 0 Å². The number of morpholine rings is 1. The maximum absolute atomic E-state index is 13.1. The Morgan fingerprint density at radius 1 is 1.42 bits per heavy atom. The molecule has 170 valence electrons. The van der Waals surface area contributed by atoms with Crippen LogP contribution in [-0.4, -0.2) is 59.3 Å². The Bertz CT molecular complexity index is 873. The molecule has 10 heteroatoms. The van der Waals surface area contributed by atoms with Gasteiger partial charge in [0.25, 0.3) is 0 Å². The Labute approximate surface area is 199 Å². The van der Waals surface area contributed by atoms with Crippen molar-refractivity contribution in [2.45, 2.75) is 19.4 Å². The number of carbonyl (C=O) groups excluding carboxylic acids is 1. The summed E-state index contributed by atoms with van der Waals surface area (Å²) in [4.78, 5) is 18.8. The molecule has 3 rings (SSSR count). The van der Waals surface area contributed by atoms with Gasteiger partial charge in [-0.05, 0) is 31.0 Å². The SMILES string of the molecule is CCNC(=NCC(Cc1ccc(F)cc1)C(N)=O)N1CCOC(c2cnn(C)c2)C1.I. The number of halogens is 2. The summed E-state index contributed by atoms with van der Waals surface area (Å²) in [7, 11) is 1.88. The number of guanidine groups is 1. The summed E-state index contributed by atoms with van der Waals surface area (Å²) in [5.41, 5.74) is 7.48. The van der Waals surface area contributed by atoms with Crippen molar-refractivity contribution in [3.8, 4) is 0 Å². The van der Waals surface area contributed by atoms with E-state index in [0.717, 1.165) is 17.1 Å². The molecule has 0 radical (unpaired) electrons. The second kappa shape index (κ2) is 12.0. The molecule has 2 atom stereocenters. The molecule has 0 aliphatic carbocycles. The molecule has 2 aromatic rings. The Morgan fingerprint density at radius 2 is 2.16 bits per heavy atom. The molecule has 1 aromatic carbocycles. The van der Waals surface area contributed by atoms with Crippen LogP contribution in [0.15, 0.2) is 41.7 Å². The lowest BCUT2D eigenvalue weighted by Crippen LogP contribution is -2.48. The molecule has 1 fully saturated rings. The minimum atomic E-state index is -0.473. The number of aromatic nitrogens is 2. The Kier molecular flexibility index (Phi) is 9.69. The number of aryl methyl sites for hydroxylation is 1. The third-order valence-corrected chi connectivity index (χ3v) is 5.06. The lowest BCUT2D eigenvalue weighted by Gasteiger charge is -2.35. The molecular formula is C21H30FIN6O2. The Hall–Kier alpha value is -2.21. The molecule has 0 saturated carbocycles. The van der Waals surface area contributed by atoms with Gasteiger partial charge in [0.1, 0.15) is 11.9 Å². The molecule has 0 spiro atoms. The molecule has 1 aliphatic heterocycles. The highest BCUT2D eigenvalue weighted by molar-refractivity contribution is 14.0. The van der Waals surface area contributed by atoms with E-state index in [-0.39, 0.29) is 42.4 Å². The first-order valence-electron chi connectivity index (χ1n) is 10.1. The van der Waals surface area contributed by atoms with E-state index in [1.165, 1.54) is 12.1 Å². The highest BCUT2D eigenvalue weighted by Crippen LogP contribution is 2.21. The van der Waals surface area contributed by atoms with E-state index >= 15 is 0 Å². The minimum absolute atomic E-state index is 0. The second-order valence-corrected chi connectivity index (χ2v) is 7.38. The number of primary amides is 1. The summed E-state index contributed by atoms with van der Waals surface area (Å²) in [5.74, 6) is -0.481. The predicted octanol–water partition coefficient (Wildman–Crippen LogP) is 1.86. The first-order chi connectivity index (χ1) is 14.5. The van der Waals surface area contributed by atoms with Crippen molar-refractivity contribution in [2.75, 3.05) is 32.8 Å².